The SMILES string of the molecule is Cc1ccncc1C(C)F. The molecule has 0 aliphatic carbocycles. The Kier molecular flexibility index (Phi) is 2.00. The van der Waals surface area contributed by atoms with Crippen LogP contribution >= 0.6 is 0 Å². The molecular weight excluding hydrogens is 129 g/mol. The van der Waals surface area contributed by atoms with E-state index >= 15 is 0 Å². The summed E-state index contributed by atoms with van der Waals surface area (Å²) in [5.74, 6) is 0. The quantitative estimate of drug-likeness (QED) is 0.582. The van der Waals surface area contributed by atoms with Crippen molar-refractivity contribution in [3.63, 3.8) is 0 Å². The van der Waals surface area contributed by atoms with Crippen molar-refractivity contribution in [2.45, 2.75) is 20.0 Å². The third-order valence-corrected chi connectivity index (χ3v) is 1.51. The molecule has 0 saturated carbocycles. The van der Waals surface area contributed by atoms with Crippen molar-refractivity contribution in [2.24, 2.45) is 0 Å². The van der Waals surface area contributed by atoms with Crippen LogP contribution < -0.4 is 0 Å². The summed E-state index contributed by atoms with van der Waals surface area (Å²) in [4.78, 5) is 3.83. The van der Waals surface area contributed by atoms with Crippen LogP contribution in [0.4, 0.5) is 4.39 Å². The van der Waals surface area contributed by atoms with Crippen molar-refractivity contribution < 1.29 is 4.39 Å². The first-order chi connectivity index (χ1) is 4.72. The Morgan fingerprint density at radius 2 is 2.30 bits per heavy atom. The number of aromatic nitrogens is 1. The lowest BCUT2D eigenvalue weighted by molar-refractivity contribution is 0.372. The van der Waals surface area contributed by atoms with Crippen LogP contribution in [0, 0.1) is 6.92 Å². The number of hydrogen-bond donors (Lipinski definition) is 0. The standard InChI is InChI=1S/C8H10FN/c1-6-3-4-10-5-8(6)7(2)9/h3-5,7H,1-2H3. The molecule has 1 aromatic rings. The predicted octanol–water partition coefficient (Wildman–Crippen LogP) is 2.42. The third-order valence-electron chi connectivity index (χ3n) is 1.51. The predicted molar refractivity (Wildman–Crippen MR) is 38.5 cm³/mol. The van der Waals surface area contributed by atoms with E-state index < -0.39 is 6.17 Å². The van der Waals surface area contributed by atoms with Gasteiger partial charge in [-0.3, -0.25) is 4.98 Å². The number of rotatable bonds is 1. The lowest BCUT2D eigenvalue weighted by atomic mass is 10.1. The molecule has 1 atom stereocenters. The van der Waals surface area contributed by atoms with Crippen molar-refractivity contribution in [2.75, 3.05) is 0 Å². The van der Waals surface area contributed by atoms with Crippen LogP contribution in [0.2, 0.25) is 0 Å². The Hall–Kier alpha value is -0.920. The highest BCUT2D eigenvalue weighted by atomic mass is 19.1. The topological polar surface area (TPSA) is 12.9 Å². The van der Waals surface area contributed by atoms with Crippen LogP contribution in [0.15, 0.2) is 18.5 Å². The van der Waals surface area contributed by atoms with E-state index in [0.29, 0.717) is 5.56 Å². The molecule has 10 heavy (non-hydrogen) atoms. The van der Waals surface area contributed by atoms with Crippen molar-refractivity contribution in [3.8, 4) is 0 Å². The first kappa shape index (κ1) is 7.19. The maximum atomic E-state index is 12.7. The summed E-state index contributed by atoms with van der Waals surface area (Å²) in [6, 6.07) is 1.81. The normalized spacial score (nSPS) is 13.1. The highest BCUT2D eigenvalue weighted by Gasteiger charge is 2.04. The van der Waals surface area contributed by atoms with Gasteiger partial charge in [-0.15, -0.1) is 0 Å². The highest BCUT2D eigenvalue weighted by Crippen LogP contribution is 2.18. The van der Waals surface area contributed by atoms with Gasteiger partial charge in [-0.2, -0.15) is 0 Å². The van der Waals surface area contributed by atoms with Crippen molar-refractivity contribution in [1.82, 2.24) is 4.98 Å². The molecule has 2 heteroatoms. The van der Waals surface area contributed by atoms with Gasteiger partial charge in [-0.05, 0) is 25.5 Å². The minimum Gasteiger partial charge on any atom is -0.264 e. The Morgan fingerprint density at radius 3 is 2.70 bits per heavy atom. The average molecular weight is 139 g/mol. The highest BCUT2D eigenvalue weighted by molar-refractivity contribution is 5.22. The second-order valence-corrected chi connectivity index (χ2v) is 2.35. The number of hydrogen-bond acceptors (Lipinski definition) is 1. The molecule has 54 valence electrons. The Balaban J connectivity index is 3.03. The molecule has 1 unspecified atom stereocenters. The Bertz CT molecular complexity index is 220. The van der Waals surface area contributed by atoms with E-state index in [1.54, 1.807) is 12.4 Å². The summed E-state index contributed by atoms with van der Waals surface area (Å²) in [6.07, 6.45) is 2.33. The molecule has 0 bridgehead atoms. The van der Waals surface area contributed by atoms with Gasteiger partial charge < -0.3 is 0 Å². The van der Waals surface area contributed by atoms with Crippen LogP contribution in [0.1, 0.15) is 24.2 Å². The fraction of sp³-hybridized carbons (Fsp3) is 0.375. The van der Waals surface area contributed by atoms with Gasteiger partial charge in [-0.25, -0.2) is 4.39 Å². The van der Waals surface area contributed by atoms with E-state index in [0.717, 1.165) is 5.56 Å². The summed E-state index contributed by atoms with van der Waals surface area (Å²) < 4.78 is 12.7. The smallest absolute Gasteiger partial charge is 0.124 e. The van der Waals surface area contributed by atoms with E-state index in [4.69, 9.17) is 0 Å². The molecule has 0 spiro atoms. The summed E-state index contributed by atoms with van der Waals surface area (Å²) in [5.41, 5.74) is 1.65. The molecular formula is C8H10FN. The minimum atomic E-state index is -0.909. The molecule has 0 aromatic carbocycles. The van der Waals surface area contributed by atoms with Gasteiger partial charge in [0.25, 0.3) is 0 Å². The maximum absolute atomic E-state index is 12.7. The summed E-state index contributed by atoms with van der Waals surface area (Å²) in [6.45, 7) is 3.40. The van der Waals surface area contributed by atoms with Crippen LogP contribution in [0.3, 0.4) is 0 Å². The molecule has 1 aromatic heterocycles. The average Bonchev–Trinajstić information content (AvgIpc) is 1.88. The lowest BCUT2D eigenvalue weighted by Gasteiger charge is -2.03. The first-order valence-corrected chi connectivity index (χ1v) is 3.26. The van der Waals surface area contributed by atoms with Crippen LogP contribution in [0.5, 0.6) is 0 Å². The first-order valence-electron chi connectivity index (χ1n) is 3.26. The van der Waals surface area contributed by atoms with Gasteiger partial charge in [0, 0.05) is 18.0 Å². The van der Waals surface area contributed by atoms with Gasteiger partial charge >= 0.3 is 0 Å². The second kappa shape index (κ2) is 2.78. The minimum absolute atomic E-state index is 0.683. The Labute approximate surface area is 59.9 Å². The summed E-state index contributed by atoms with van der Waals surface area (Å²) >= 11 is 0. The number of halogens is 1. The zero-order valence-corrected chi connectivity index (χ0v) is 6.13. The second-order valence-electron chi connectivity index (χ2n) is 2.35. The van der Waals surface area contributed by atoms with Gasteiger partial charge in [0.1, 0.15) is 6.17 Å². The van der Waals surface area contributed by atoms with Crippen molar-refractivity contribution in [1.29, 1.82) is 0 Å². The van der Waals surface area contributed by atoms with Gasteiger partial charge in [0.05, 0.1) is 0 Å². The molecule has 0 aliphatic heterocycles. The van der Waals surface area contributed by atoms with Gasteiger partial charge in [0.2, 0.25) is 0 Å². The Morgan fingerprint density at radius 1 is 1.60 bits per heavy atom. The number of alkyl halides is 1. The summed E-state index contributed by atoms with van der Waals surface area (Å²) in [7, 11) is 0. The molecule has 1 heterocycles. The zero-order valence-electron chi connectivity index (χ0n) is 6.13. The number of pyridine rings is 1. The van der Waals surface area contributed by atoms with Crippen molar-refractivity contribution in [3.05, 3.63) is 29.6 Å². The van der Waals surface area contributed by atoms with Crippen molar-refractivity contribution >= 4 is 0 Å². The van der Waals surface area contributed by atoms with Crippen LogP contribution in [-0.2, 0) is 0 Å². The van der Waals surface area contributed by atoms with Gasteiger partial charge in [0.15, 0.2) is 0 Å². The fourth-order valence-electron chi connectivity index (χ4n) is 0.893. The van der Waals surface area contributed by atoms with Crippen LogP contribution in [0.25, 0.3) is 0 Å². The molecule has 1 nitrogen and oxygen atoms in total. The molecule has 0 radical (unpaired) electrons. The third kappa shape index (κ3) is 1.32. The molecule has 0 aliphatic rings. The largest absolute Gasteiger partial charge is 0.264 e. The fourth-order valence-corrected chi connectivity index (χ4v) is 0.893. The lowest BCUT2D eigenvalue weighted by Crippen LogP contribution is -1.90. The van der Waals surface area contributed by atoms with E-state index in [9.17, 15) is 4.39 Å². The van der Waals surface area contributed by atoms with Gasteiger partial charge in [-0.1, -0.05) is 0 Å². The van der Waals surface area contributed by atoms with E-state index in [1.807, 2.05) is 13.0 Å². The molecule has 0 fully saturated rings. The molecule has 0 amide bonds. The van der Waals surface area contributed by atoms with E-state index in [2.05, 4.69) is 4.98 Å². The van der Waals surface area contributed by atoms with E-state index in [1.165, 1.54) is 6.92 Å². The molecule has 0 N–H and O–H groups in total. The summed E-state index contributed by atoms with van der Waals surface area (Å²) in [5, 5.41) is 0. The number of aryl methyl sites for hydroxylation is 1. The molecule has 1 rings (SSSR count). The monoisotopic (exact) mass is 139 g/mol. The van der Waals surface area contributed by atoms with Crippen LogP contribution in [-0.4, -0.2) is 4.98 Å². The molecule has 0 saturated heterocycles. The zero-order chi connectivity index (χ0) is 7.56. The van der Waals surface area contributed by atoms with E-state index in [-0.39, 0.29) is 0 Å². The maximum Gasteiger partial charge on any atom is 0.124 e. The number of nitrogens with zero attached hydrogens (tertiary/aromatic N) is 1.